The molecule has 0 saturated heterocycles. The zero-order valence-electron chi connectivity index (χ0n) is 53.0. The lowest BCUT2D eigenvalue weighted by Gasteiger charge is -2.25. The van der Waals surface area contributed by atoms with Crippen molar-refractivity contribution in [1.29, 1.82) is 5.26 Å². The maximum Gasteiger partial charge on any atom is 0.104 e. The summed E-state index contributed by atoms with van der Waals surface area (Å²) in [5.41, 5.74) is 21.6. The number of para-hydroxylation sites is 8. The van der Waals surface area contributed by atoms with Crippen LogP contribution >= 0.6 is 0 Å². The highest BCUT2D eigenvalue weighted by molar-refractivity contribution is 6.29. The predicted octanol–water partition coefficient (Wildman–Crippen LogP) is 22.8. The van der Waals surface area contributed by atoms with Crippen LogP contribution in [-0.2, 0) is 10.8 Å². The van der Waals surface area contributed by atoms with Crippen molar-refractivity contribution in [1.82, 2.24) is 27.2 Å². The average molecular weight is 1200 g/mol. The number of nitrogens with zero attached hydrogens (tertiary/aromatic N) is 7. The minimum atomic E-state index is -0.140. The molecular weight excluding hydrogens is 1140 g/mol. The zero-order valence-corrected chi connectivity index (χ0v) is 53.0. The lowest BCUT2D eigenvalue weighted by atomic mass is 9.85. The van der Waals surface area contributed by atoms with Crippen molar-refractivity contribution in [2.75, 3.05) is 0 Å². The van der Waals surface area contributed by atoms with Gasteiger partial charge in [0.05, 0.1) is 88.8 Å². The van der Waals surface area contributed by atoms with Crippen LogP contribution in [0.15, 0.2) is 261 Å². The van der Waals surface area contributed by atoms with Crippen molar-refractivity contribution in [3.63, 3.8) is 0 Å². The number of hydrogen-bond donors (Lipinski definition) is 0. The number of aromatic nitrogens is 6. The van der Waals surface area contributed by atoms with E-state index in [-0.39, 0.29) is 10.8 Å². The van der Waals surface area contributed by atoms with Crippen LogP contribution in [0.4, 0.5) is 0 Å². The second kappa shape index (κ2) is 18.7. The third-order valence-electron chi connectivity index (χ3n) is 20.9. The van der Waals surface area contributed by atoms with Crippen LogP contribution in [0.25, 0.3) is 176 Å². The summed E-state index contributed by atoms with van der Waals surface area (Å²) in [5, 5.41) is 29.0. The van der Waals surface area contributed by atoms with Crippen LogP contribution < -0.4 is 0 Å². The second-order valence-corrected chi connectivity index (χ2v) is 28.0. The van der Waals surface area contributed by atoms with E-state index in [0.717, 1.165) is 143 Å². The molecule has 0 atom stereocenters. The lowest BCUT2D eigenvalue weighted by molar-refractivity contribution is 0.590. The van der Waals surface area contributed by atoms with E-state index in [9.17, 15) is 5.26 Å². The Balaban J connectivity index is 1.03. The molecule has 0 N–H and O–H groups in total. The van der Waals surface area contributed by atoms with E-state index < -0.39 is 0 Å². The Morgan fingerprint density at radius 2 is 0.564 bits per heavy atom. The van der Waals surface area contributed by atoms with E-state index in [1.165, 1.54) is 43.4 Å². The van der Waals surface area contributed by atoms with Crippen molar-refractivity contribution in [2.24, 2.45) is 0 Å². The van der Waals surface area contributed by atoms with E-state index in [1.807, 2.05) is 0 Å². The molecule has 0 bridgehead atoms. The third-order valence-corrected chi connectivity index (χ3v) is 20.9. The fourth-order valence-electron chi connectivity index (χ4n) is 16.7. The molecule has 0 radical (unpaired) electrons. The van der Waals surface area contributed by atoms with Crippen LogP contribution in [0.1, 0.15) is 58.2 Å². The van der Waals surface area contributed by atoms with Gasteiger partial charge in [-0.05, 0) is 125 Å². The Kier molecular flexibility index (Phi) is 10.5. The summed E-state index contributed by atoms with van der Waals surface area (Å²) in [6.07, 6.45) is 0. The molecule has 0 amide bonds. The highest BCUT2D eigenvalue weighted by atomic mass is 15.1. The first kappa shape index (κ1) is 52.9. The summed E-state index contributed by atoms with van der Waals surface area (Å²) < 4.78 is 14.9. The number of fused-ring (bicyclic) bond motifs is 21. The van der Waals surface area contributed by atoms with Crippen LogP contribution in [0.5, 0.6) is 0 Å². The van der Waals surface area contributed by atoms with Gasteiger partial charge in [-0.2, -0.15) is 5.26 Å². The Morgan fingerprint density at radius 3 is 0.979 bits per heavy atom. The number of benzene rings is 13. The molecule has 7 heteroatoms. The number of nitriles is 1. The van der Waals surface area contributed by atoms with Crippen molar-refractivity contribution in [3.8, 4) is 34.5 Å². The van der Waals surface area contributed by atoms with E-state index >= 15 is 0 Å². The Bertz CT molecular complexity index is 6580. The molecule has 94 heavy (non-hydrogen) atoms. The normalized spacial score (nSPS) is 12.8. The van der Waals surface area contributed by atoms with E-state index in [0.29, 0.717) is 5.56 Å². The van der Waals surface area contributed by atoms with Crippen LogP contribution in [0.3, 0.4) is 0 Å². The highest BCUT2D eigenvalue weighted by Gasteiger charge is 2.35. The number of rotatable bonds is 5. The predicted molar refractivity (Wildman–Crippen MR) is 395 cm³/mol. The van der Waals surface area contributed by atoms with Crippen molar-refractivity contribution in [2.45, 2.75) is 52.4 Å². The van der Waals surface area contributed by atoms with Gasteiger partial charge in [0.1, 0.15) is 11.6 Å². The minimum Gasteiger partial charge on any atom is -0.309 e. The highest BCUT2D eigenvalue weighted by Crippen LogP contribution is 2.53. The first-order valence-corrected chi connectivity index (χ1v) is 32.7. The van der Waals surface area contributed by atoms with Crippen molar-refractivity contribution in [3.05, 3.63) is 278 Å². The van der Waals surface area contributed by atoms with Gasteiger partial charge in [0.2, 0.25) is 0 Å². The SMILES string of the molecule is CC(C)(C)c1ccc2c(c1)c1cc(C(C)(C)C)ccc1n2-c1c(-n2c3ccccc3c3cc(-n4c5ccccc5c5ccccc54)ccc32)c(C#N)c2c(c1-n1c3ccccc3c3cc(-n4c5ccccc5c5ccccc54)ccc31)c1cccc3c4ccccc4n2c31. The van der Waals surface area contributed by atoms with Gasteiger partial charge in [0.25, 0.3) is 0 Å². The Labute approximate surface area is 540 Å². The van der Waals surface area contributed by atoms with Crippen LogP contribution in [0.2, 0.25) is 0 Å². The molecule has 20 rings (SSSR count). The molecule has 7 nitrogen and oxygen atoms in total. The minimum absolute atomic E-state index is 0.140. The van der Waals surface area contributed by atoms with Crippen LogP contribution in [0, 0.1) is 11.3 Å². The third kappa shape index (κ3) is 6.93. The summed E-state index contributed by atoms with van der Waals surface area (Å²) >= 11 is 0. The fraction of sp³-hybridized carbons (Fsp3) is 0.0920. The Morgan fingerprint density at radius 1 is 0.255 bits per heavy atom. The smallest absolute Gasteiger partial charge is 0.104 e. The molecule has 0 aliphatic rings. The maximum absolute atomic E-state index is 13.0. The van der Waals surface area contributed by atoms with Crippen molar-refractivity contribution < 1.29 is 0 Å². The van der Waals surface area contributed by atoms with Crippen molar-refractivity contribution >= 4 is 147 Å². The molecule has 0 fully saturated rings. The largest absolute Gasteiger partial charge is 0.309 e. The molecule has 7 heterocycles. The van der Waals surface area contributed by atoms with E-state index in [2.05, 4.69) is 336 Å². The van der Waals surface area contributed by atoms with Gasteiger partial charge in [-0.3, -0.25) is 0 Å². The summed E-state index contributed by atoms with van der Waals surface area (Å²) in [7, 11) is 0. The first-order chi connectivity index (χ1) is 45.9. The molecule has 0 saturated carbocycles. The summed E-state index contributed by atoms with van der Waals surface area (Å²) in [6.45, 7) is 13.9. The first-order valence-electron chi connectivity index (χ1n) is 32.7. The average Bonchev–Trinajstić information content (AvgIpc) is 1.49. The quantitative estimate of drug-likeness (QED) is 0.169. The molecule has 0 unspecified atom stereocenters. The molecule has 0 aliphatic carbocycles. The molecule has 444 valence electrons. The van der Waals surface area contributed by atoms with Gasteiger partial charge in [0.15, 0.2) is 0 Å². The van der Waals surface area contributed by atoms with Gasteiger partial charge in [-0.25, -0.2) is 0 Å². The van der Waals surface area contributed by atoms with Gasteiger partial charge in [-0.1, -0.05) is 199 Å². The van der Waals surface area contributed by atoms with Crippen LogP contribution in [-0.4, -0.2) is 27.2 Å². The fourth-order valence-corrected chi connectivity index (χ4v) is 16.7. The van der Waals surface area contributed by atoms with Gasteiger partial charge >= 0.3 is 0 Å². The summed E-state index contributed by atoms with van der Waals surface area (Å²) in [5.74, 6) is 0. The zero-order chi connectivity index (χ0) is 62.8. The maximum atomic E-state index is 13.0. The number of hydrogen-bond acceptors (Lipinski definition) is 1. The van der Waals surface area contributed by atoms with E-state index in [4.69, 9.17) is 0 Å². The van der Waals surface area contributed by atoms with Gasteiger partial charge in [0, 0.05) is 86.8 Å². The van der Waals surface area contributed by atoms with E-state index in [1.54, 1.807) is 0 Å². The monoisotopic (exact) mass is 1200 g/mol. The molecule has 13 aromatic carbocycles. The molecule has 0 spiro atoms. The molecule has 20 aromatic rings. The summed E-state index contributed by atoms with van der Waals surface area (Å²) in [4.78, 5) is 0. The van der Waals surface area contributed by atoms with Gasteiger partial charge in [-0.15, -0.1) is 0 Å². The lowest BCUT2D eigenvalue weighted by Crippen LogP contribution is -2.13. The molecule has 0 aliphatic heterocycles. The second-order valence-electron chi connectivity index (χ2n) is 28.0. The van der Waals surface area contributed by atoms with Gasteiger partial charge < -0.3 is 27.2 Å². The standard InChI is InChI=1S/C87H61N7/c1-86(2,3)51-38-42-76-64(46-51)65-47-52(87(4,5)6)39-43-77(65)93(76)85-83(91-73-35-18-12-27-60(73)66-48-53(40-44-78(66)91)89-69-31-14-7-22-55(69)56-23-8-15-32-70(56)89)68(50-88)82-80(63-30-21-29-62-59-26-11-20-37-75(59)94(82)81(62)63)84(85)92-74-36-19-13-28-61(74)67-49-54(41-45-79(67)92)90-71-33-16-9-24-57(71)58-25-10-17-34-72(58)90/h7-49H,1-6H3. The molecular formula is C87H61N7. The molecule has 7 aromatic heterocycles. The Hall–Kier alpha value is -11.9. The topological polar surface area (TPSA) is 52.8 Å². The summed E-state index contributed by atoms with van der Waals surface area (Å²) in [6, 6.07) is 100.0.